The minimum absolute atomic E-state index is 0.277. The number of hydrogen-bond donors (Lipinski definition) is 0. The fourth-order valence-corrected chi connectivity index (χ4v) is 4.14. The molecule has 3 rings (SSSR count). The summed E-state index contributed by atoms with van der Waals surface area (Å²) in [6, 6.07) is 14.2. The lowest BCUT2D eigenvalue weighted by molar-refractivity contribution is 0.557. The molecule has 0 bridgehead atoms. The summed E-state index contributed by atoms with van der Waals surface area (Å²) in [6.45, 7) is 3.74. The van der Waals surface area contributed by atoms with Crippen LogP contribution in [0.4, 0.5) is 0 Å². The lowest BCUT2D eigenvalue weighted by atomic mass is 10.1. The molecule has 0 saturated heterocycles. The van der Waals surface area contributed by atoms with E-state index in [4.69, 9.17) is 4.42 Å². The van der Waals surface area contributed by atoms with E-state index in [1.54, 1.807) is 37.3 Å². The highest BCUT2D eigenvalue weighted by Gasteiger charge is 2.26. The summed E-state index contributed by atoms with van der Waals surface area (Å²) in [7, 11) is -3.57. The molecule has 0 aliphatic carbocycles. The first kappa shape index (κ1) is 13.9. The fourth-order valence-electron chi connectivity index (χ4n) is 2.52. The van der Waals surface area contributed by atoms with Crippen molar-refractivity contribution in [3.05, 3.63) is 59.9 Å². The minimum atomic E-state index is -3.57. The Morgan fingerprint density at radius 2 is 1.76 bits per heavy atom. The van der Waals surface area contributed by atoms with Gasteiger partial charge in [0, 0.05) is 5.39 Å². The van der Waals surface area contributed by atoms with Crippen LogP contribution in [0.2, 0.25) is 0 Å². The Bertz CT molecular complexity index is 890. The van der Waals surface area contributed by atoms with Gasteiger partial charge < -0.3 is 4.42 Å². The Kier molecular flexibility index (Phi) is 3.33. The zero-order valence-electron chi connectivity index (χ0n) is 12.0. The van der Waals surface area contributed by atoms with E-state index in [2.05, 4.69) is 0 Å². The third-order valence-electron chi connectivity index (χ3n) is 3.60. The van der Waals surface area contributed by atoms with Gasteiger partial charge in [-0.2, -0.15) is 0 Å². The maximum absolute atomic E-state index is 12.9. The zero-order chi connectivity index (χ0) is 15.0. The molecule has 0 saturated carbocycles. The van der Waals surface area contributed by atoms with Crippen LogP contribution in [0.5, 0.6) is 0 Å². The smallest absolute Gasteiger partial charge is 0.210 e. The van der Waals surface area contributed by atoms with Gasteiger partial charge in [-0.3, -0.25) is 0 Å². The van der Waals surface area contributed by atoms with Gasteiger partial charge in [0.2, 0.25) is 9.84 Å². The second-order valence-electron chi connectivity index (χ2n) is 4.99. The van der Waals surface area contributed by atoms with Gasteiger partial charge in [-0.05, 0) is 43.2 Å². The van der Waals surface area contributed by atoms with Gasteiger partial charge in [-0.25, -0.2) is 8.42 Å². The van der Waals surface area contributed by atoms with Crippen LogP contribution in [-0.4, -0.2) is 8.42 Å². The molecular weight excluding hydrogens is 284 g/mol. The van der Waals surface area contributed by atoms with Gasteiger partial charge in [0.05, 0.1) is 4.90 Å². The van der Waals surface area contributed by atoms with E-state index in [1.165, 1.54) is 0 Å². The van der Waals surface area contributed by atoms with Gasteiger partial charge in [0.25, 0.3) is 0 Å². The number of furan rings is 1. The maximum Gasteiger partial charge on any atom is 0.210 e. The predicted molar refractivity (Wildman–Crippen MR) is 82.2 cm³/mol. The van der Waals surface area contributed by atoms with Crippen molar-refractivity contribution in [1.29, 1.82) is 0 Å². The van der Waals surface area contributed by atoms with Crippen molar-refractivity contribution in [3.8, 4) is 0 Å². The Labute approximate surface area is 124 Å². The molecule has 21 heavy (non-hydrogen) atoms. The summed E-state index contributed by atoms with van der Waals surface area (Å²) >= 11 is 0. The zero-order valence-corrected chi connectivity index (χ0v) is 12.8. The van der Waals surface area contributed by atoms with E-state index in [-0.39, 0.29) is 9.79 Å². The summed E-state index contributed by atoms with van der Waals surface area (Å²) < 4.78 is 31.4. The Morgan fingerprint density at radius 1 is 1.05 bits per heavy atom. The van der Waals surface area contributed by atoms with Crippen molar-refractivity contribution >= 4 is 20.8 Å². The lowest BCUT2D eigenvalue weighted by Crippen LogP contribution is -2.02. The third-order valence-corrected chi connectivity index (χ3v) is 5.54. The highest BCUT2D eigenvalue weighted by molar-refractivity contribution is 7.91. The van der Waals surface area contributed by atoms with E-state index < -0.39 is 9.84 Å². The van der Waals surface area contributed by atoms with Crippen LogP contribution in [0.3, 0.4) is 0 Å². The highest BCUT2D eigenvalue weighted by Crippen LogP contribution is 2.34. The average molecular weight is 300 g/mol. The number of fused-ring (bicyclic) bond motifs is 1. The molecule has 0 N–H and O–H groups in total. The van der Waals surface area contributed by atoms with Crippen LogP contribution in [0.25, 0.3) is 11.0 Å². The first-order chi connectivity index (χ1) is 10.0. The third kappa shape index (κ3) is 2.25. The van der Waals surface area contributed by atoms with Crippen molar-refractivity contribution in [2.24, 2.45) is 0 Å². The standard InChI is InChI=1S/C17H16O3S/c1-3-13-9-10-16-15(11-13)17(12(2)20-16)21(18,19)14-7-5-4-6-8-14/h4-11H,3H2,1-2H3. The molecule has 0 amide bonds. The molecule has 108 valence electrons. The molecule has 2 aromatic carbocycles. The molecule has 4 heteroatoms. The normalized spacial score (nSPS) is 11.9. The quantitative estimate of drug-likeness (QED) is 0.730. The summed E-state index contributed by atoms with van der Waals surface area (Å²) in [6.07, 6.45) is 0.852. The van der Waals surface area contributed by atoms with Gasteiger partial charge in [0.15, 0.2) is 0 Å². The first-order valence-corrected chi connectivity index (χ1v) is 8.34. The first-order valence-electron chi connectivity index (χ1n) is 6.86. The molecule has 0 atom stereocenters. The van der Waals surface area contributed by atoms with Crippen molar-refractivity contribution in [1.82, 2.24) is 0 Å². The molecule has 0 aliphatic rings. The van der Waals surface area contributed by atoms with Crippen LogP contribution >= 0.6 is 0 Å². The Hall–Kier alpha value is -2.07. The van der Waals surface area contributed by atoms with Gasteiger partial charge in [-0.15, -0.1) is 0 Å². The van der Waals surface area contributed by atoms with Crippen LogP contribution in [0.15, 0.2) is 62.7 Å². The number of aryl methyl sites for hydroxylation is 2. The van der Waals surface area contributed by atoms with E-state index >= 15 is 0 Å². The second-order valence-corrected chi connectivity index (χ2v) is 6.87. The monoisotopic (exact) mass is 300 g/mol. The predicted octanol–water partition coefficient (Wildman–Crippen LogP) is 4.14. The number of rotatable bonds is 3. The van der Waals surface area contributed by atoms with Crippen molar-refractivity contribution < 1.29 is 12.8 Å². The van der Waals surface area contributed by atoms with Gasteiger partial charge in [-0.1, -0.05) is 31.2 Å². The summed E-state index contributed by atoms with van der Waals surface area (Å²) in [4.78, 5) is 0.566. The topological polar surface area (TPSA) is 47.3 Å². The van der Waals surface area contributed by atoms with Crippen molar-refractivity contribution in [2.45, 2.75) is 30.1 Å². The van der Waals surface area contributed by atoms with Crippen LogP contribution in [0.1, 0.15) is 18.2 Å². The van der Waals surface area contributed by atoms with E-state index in [1.807, 2.05) is 25.1 Å². The van der Waals surface area contributed by atoms with E-state index in [0.717, 1.165) is 12.0 Å². The van der Waals surface area contributed by atoms with Crippen LogP contribution in [-0.2, 0) is 16.3 Å². The second kappa shape index (κ2) is 5.04. The van der Waals surface area contributed by atoms with Crippen molar-refractivity contribution in [2.75, 3.05) is 0 Å². The summed E-state index contributed by atoms with van der Waals surface area (Å²) in [5.41, 5.74) is 1.70. The van der Waals surface area contributed by atoms with Crippen LogP contribution in [0, 0.1) is 6.92 Å². The largest absolute Gasteiger partial charge is 0.460 e. The van der Waals surface area contributed by atoms with E-state index in [9.17, 15) is 8.42 Å². The maximum atomic E-state index is 12.9. The molecule has 1 heterocycles. The average Bonchev–Trinajstić information content (AvgIpc) is 2.83. The summed E-state index contributed by atoms with van der Waals surface area (Å²) in [5.74, 6) is 0.433. The molecule has 0 unspecified atom stereocenters. The van der Waals surface area contributed by atoms with Gasteiger partial charge in [0.1, 0.15) is 16.2 Å². The Balaban J connectivity index is 2.32. The molecule has 0 radical (unpaired) electrons. The molecule has 0 spiro atoms. The fraction of sp³-hybridized carbons (Fsp3) is 0.176. The number of sulfone groups is 1. The molecule has 0 aliphatic heterocycles. The Morgan fingerprint density at radius 3 is 2.43 bits per heavy atom. The SMILES string of the molecule is CCc1ccc2oc(C)c(S(=O)(=O)c3ccccc3)c2c1. The van der Waals surface area contributed by atoms with Crippen molar-refractivity contribution in [3.63, 3.8) is 0 Å². The number of hydrogen-bond acceptors (Lipinski definition) is 3. The molecule has 3 nitrogen and oxygen atoms in total. The van der Waals surface area contributed by atoms with Gasteiger partial charge >= 0.3 is 0 Å². The van der Waals surface area contributed by atoms with E-state index in [0.29, 0.717) is 16.7 Å². The molecule has 3 aromatic rings. The molecule has 0 fully saturated rings. The number of benzene rings is 2. The minimum Gasteiger partial charge on any atom is -0.460 e. The molecular formula is C17H16O3S. The highest BCUT2D eigenvalue weighted by atomic mass is 32.2. The summed E-state index contributed by atoms with van der Waals surface area (Å²) in [5, 5.41) is 0.663. The lowest BCUT2D eigenvalue weighted by Gasteiger charge is -2.04. The molecule has 1 aromatic heterocycles. The van der Waals surface area contributed by atoms with Crippen LogP contribution < -0.4 is 0 Å².